The summed E-state index contributed by atoms with van der Waals surface area (Å²) in [4.78, 5) is 19.5. The van der Waals surface area contributed by atoms with Crippen molar-refractivity contribution in [2.24, 2.45) is 0 Å². The van der Waals surface area contributed by atoms with Gasteiger partial charge < -0.3 is 10.2 Å². The predicted octanol–water partition coefficient (Wildman–Crippen LogP) is -0.344. The number of carboxylic acids is 1. The van der Waals surface area contributed by atoms with E-state index in [4.69, 9.17) is 10.2 Å². The summed E-state index contributed by atoms with van der Waals surface area (Å²) in [5.41, 5.74) is 0. The minimum atomic E-state index is -1.06. The molecular weight excluding hydrogens is 213 g/mol. The quantitative estimate of drug-likeness (QED) is 0.628. The molecule has 0 aromatic carbocycles. The van der Waals surface area contributed by atoms with Crippen LogP contribution in [0, 0.1) is 0 Å². The van der Waals surface area contributed by atoms with Crippen molar-refractivity contribution in [3.8, 4) is 0 Å². The van der Waals surface area contributed by atoms with Gasteiger partial charge >= 0.3 is 5.97 Å². The summed E-state index contributed by atoms with van der Waals surface area (Å²) in [6.45, 7) is 1.24. The molecule has 0 aromatic heterocycles. The van der Waals surface area contributed by atoms with Gasteiger partial charge in [0.15, 0.2) is 0 Å². The number of ketones is 1. The molecule has 0 heterocycles. The van der Waals surface area contributed by atoms with Gasteiger partial charge in [-0.05, 0) is 6.92 Å². The molecule has 0 atom stereocenters. The average molecular weight is 223 g/mol. The summed E-state index contributed by atoms with van der Waals surface area (Å²) < 4.78 is 0. The Labute approximate surface area is 84.5 Å². The van der Waals surface area contributed by atoms with Gasteiger partial charge in [0.05, 0.1) is 0 Å². The summed E-state index contributed by atoms with van der Waals surface area (Å²) in [5, 5.41) is 14.9. The Bertz CT molecular complexity index is 89.8. The summed E-state index contributed by atoms with van der Waals surface area (Å²) in [6.07, 6.45) is -0.361. The van der Waals surface area contributed by atoms with Gasteiger partial charge in [-0.15, -0.1) is 0 Å². The number of Topliss-reactive ketones (excluding diaryl/α,β-unsaturated/α-hetero) is 1. The predicted molar refractivity (Wildman–Crippen MR) is 31.1 cm³/mol. The zero-order valence-electron chi connectivity index (χ0n) is 6.00. The Kier molecular flexibility index (Phi) is 19.9. The van der Waals surface area contributed by atoms with Crippen molar-refractivity contribution in [2.45, 2.75) is 13.3 Å². The van der Waals surface area contributed by atoms with Crippen molar-refractivity contribution in [1.82, 2.24) is 0 Å². The summed E-state index contributed by atoms with van der Waals surface area (Å²) in [7, 11) is 1.00. The molecule has 0 aliphatic heterocycles. The van der Waals surface area contributed by atoms with Crippen molar-refractivity contribution in [2.75, 3.05) is 7.11 Å². The van der Waals surface area contributed by atoms with E-state index >= 15 is 0 Å². The van der Waals surface area contributed by atoms with Gasteiger partial charge in [0.25, 0.3) is 0 Å². The van der Waals surface area contributed by atoms with E-state index < -0.39 is 5.97 Å². The van der Waals surface area contributed by atoms with Crippen LogP contribution < -0.4 is 0 Å². The maximum Gasteiger partial charge on any atom is 0.310 e. The number of rotatable bonds is 2. The van der Waals surface area contributed by atoms with E-state index in [1.54, 1.807) is 0 Å². The van der Waals surface area contributed by atoms with Gasteiger partial charge in [0, 0.05) is 39.8 Å². The third-order valence-corrected chi connectivity index (χ3v) is 0.400. The SMILES string of the molecule is CC(=O)CC(=O)O.CO.[Y]. The standard InChI is InChI=1S/C4H6O3.CH4O.Y/c1-3(5)2-4(6)7;1-2;/h2H2,1H3,(H,6,7);2H,1H3;. The fourth-order valence-electron chi connectivity index (χ4n) is 0.213. The molecule has 4 nitrogen and oxygen atoms in total. The molecule has 0 saturated carbocycles. The maximum absolute atomic E-state index is 9.87. The normalized spacial score (nSPS) is 6.30. The van der Waals surface area contributed by atoms with Gasteiger partial charge in [-0.25, -0.2) is 0 Å². The number of carbonyl (C=O) groups excluding carboxylic acids is 1. The Morgan fingerprint density at radius 3 is 1.60 bits per heavy atom. The molecule has 0 fully saturated rings. The van der Waals surface area contributed by atoms with Crippen LogP contribution in [-0.2, 0) is 42.3 Å². The first-order chi connectivity index (χ1) is 4.13. The molecule has 5 heteroatoms. The van der Waals surface area contributed by atoms with E-state index in [9.17, 15) is 9.59 Å². The minimum absolute atomic E-state index is 0. The van der Waals surface area contributed by atoms with Crippen molar-refractivity contribution >= 4 is 11.8 Å². The van der Waals surface area contributed by atoms with Crippen LogP contribution in [0.4, 0.5) is 0 Å². The van der Waals surface area contributed by atoms with Crippen LogP contribution in [0.2, 0.25) is 0 Å². The van der Waals surface area contributed by atoms with E-state index in [1.165, 1.54) is 6.92 Å². The van der Waals surface area contributed by atoms with E-state index in [-0.39, 0.29) is 44.9 Å². The van der Waals surface area contributed by atoms with E-state index in [2.05, 4.69) is 0 Å². The van der Waals surface area contributed by atoms with Crippen LogP contribution in [-0.4, -0.2) is 29.1 Å². The molecule has 0 aromatic rings. The van der Waals surface area contributed by atoms with Gasteiger partial charge in [0.1, 0.15) is 12.2 Å². The van der Waals surface area contributed by atoms with Crippen LogP contribution in [0.5, 0.6) is 0 Å². The molecule has 1 radical (unpaired) electrons. The van der Waals surface area contributed by atoms with Crippen LogP contribution in [0.3, 0.4) is 0 Å². The Morgan fingerprint density at radius 1 is 1.30 bits per heavy atom. The minimum Gasteiger partial charge on any atom is -0.481 e. The van der Waals surface area contributed by atoms with Crippen LogP contribution in [0.15, 0.2) is 0 Å². The van der Waals surface area contributed by atoms with Gasteiger partial charge in [-0.1, -0.05) is 0 Å². The number of carbonyl (C=O) groups is 2. The van der Waals surface area contributed by atoms with E-state index in [0.717, 1.165) is 7.11 Å². The summed E-state index contributed by atoms with van der Waals surface area (Å²) in [5.74, 6) is -1.37. The van der Waals surface area contributed by atoms with Crippen molar-refractivity contribution in [1.29, 1.82) is 0 Å². The first-order valence-corrected chi connectivity index (χ1v) is 2.29. The first kappa shape index (κ1) is 16.7. The number of aliphatic hydroxyl groups excluding tert-OH is 1. The Hall–Kier alpha value is 0.204. The number of aliphatic hydroxyl groups is 1. The molecule has 0 amide bonds. The molecule has 0 aliphatic carbocycles. The van der Waals surface area contributed by atoms with Crippen LogP contribution in [0.1, 0.15) is 13.3 Å². The Balaban J connectivity index is -0.000000149. The van der Waals surface area contributed by atoms with Gasteiger partial charge in [-0.2, -0.15) is 0 Å². The summed E-state index contributed by atoms with van der Waals surface area (Å²) in [6, 6.07) is 0. The van der Waals surface area contributed by atoms with Crippen molar-refractivity contribution in [3.05, 3.63) is 0 Å². The fourth-order valence-corrected chi connectivity index (χ4v) is 0.213. The van der Waals surface area contributed by atoms with Crippen LogP contribution in [0.25, 0.3) is 0 Å². The Morgan fingerprint density at radius 2 is 1.60 bits per heavy atom. The zero-order chi connectivity index (χ0) is 7.86. The molecule has 0 spiro atoms. The maximum atomic E-state index is 9.87. The second-order valence-electron chi connectivity index (χ2n) is 1.27. The second-order valence-corrected chi connectivity index (χ2v) is 1.27. The molecule has 0 unspecified atom stereocenters. The topological polar surface area (TPSA) is 74.6 Å². The molecule has 10 heavy (non-hydrogen) atoms. The third-order valence-electron chi connectivity index (χ3n) is 0.400. The number of hydrogen-bond acceptors (Lipinski definition) is 3. The van der Waals surface area contributed by atoms with E-state index in [1.807, 2.05) is 0 Å². The molecule has 0 bridgehead atoms. The third kappa shape index (κ3) is 24.1. The largest absolute Gasteiger partial charge is 0.481 e. The zero-order valence-corrected chi connectivity index (χ0v) is 8.83. The monoisotopic (exact) mass is 223 g/mol. The van der Waals surface area contributed by atoms with Crippen molar-refractivity contribution in [3.63, 3.8) is 0 Å². The van der Waals surface area contributed by atoms with E-state index in [0.29, 0.717) is 0 Å². The molecule has 57 valence electrons. The smallest absolute Gasteiger partial charge is 0.310 e. The van der Waals surface area contributed by atoms with Crippen molar-refractivity contribution < 1.29 is 52.5 Å². The van der Waals surface area contributed by atoms with Gasteiger partial charge in [0.2, 0.25) is 0 Å². The molecular formula is C5H10O4Y. The van der Waals surface area contributed by atoms with Gasteiger partial charge in [-0.3, -0.25) is 9.59 Å². The molecule has 2 N–H and O–H groups in total. The average Bonchev–Trinajstić information content (AvgIpc) is 1.68. The number of aliphatic carboxylic acids is 1. The first-order valence-electron chi connectivity index (χ1n) is 2.29. The summed E-state index contributed by atoms with van der Waals surface area (Å²) >= 11 is 0. The number of hydrogen-bond donors (Lipinski definition) is 2. The second kappa shape index (κ2) is 11.9. The molecule has 0 saturated heterocycles. The molecule has 0 aliphatic rings. The fraction of sp³-hybridized carbons (Fsp3) is 0.600. The number of carboxylic acid groups (broad SMARTS) is 1. The van der Waals surface area contributed by atoms with Crippen LogP contribution >= 0.6 is 0 Å². The molecule has 0 rings (SSSR count).